The first-order valence-corrected chi connectivity index (χ1v) is 15.5. The molecule has 42 heavy (non-hydrogen) atoms. The summed E-state index contributed by atoms with van der Waals surface area (Å²) in [5, 5.41) is 10.5. The van der Waals surface area contributed by atoms with Crippen molar-refractivity contribution in [2.24, 2.45) is 5.10 Å². The third-order valence-electron chi connectivity index (χ3n) is 6.00. The van der Waals surface area contributed by atoms with Crippen molar-refractivity contribution in [3.05, 3.63) is 102 Å². The van der Waals surface area contributed by atoms with Crippen LogP contribution in [0.2, 0.25) is 0 Å². The van der Waals surface area contributed by atoms with Gasteiger partial charge in [-0.2, -0.15) is 5.10 Å². The summed E-state index contributed by atoms with van der Waals surface area (Å²) in [5.74, 6) is 0.306. The number of allylic oxidation sites excluding steroid dienone is 1. The number of carbonyl (C=O) groups is 2. The maximum atomic E-state index is 12.7. The van der Waals surface area contributed by atoms with Crippen LogP contribution in [0.3, 0.4) is 0 Å². The van der Waals surface area contributed by atoms with E-state index < -0.39 is 17.9 Å². The highest BCUT2D eigenvalue weighted by Gasteiger charge is 2.32. The molecule has 1 heterocycles. The number of hydrazone groups is 1. The van der Waals surface area contributed by atoms with E-state index in [0.717, 1.165) is 24.0 Å². The minimum Gasteiger partial charge on any atom is -0.487 e. The third kappa shape index (κ3) is 8.41. The second kappa shape index (κ2) is 15.3. The topological polar surface area (TPSA) is 110 Å². The molecule has 0 unspecified atom stereocenters. The third-order valence-corrected chi connectivity index (χ3v) is 7.83. The van der Waals surface area contributed by atoms with E-state index in [2.05, 4.69) is 66.3 Å². The number of thiocarbonyl (C=S) groups is 1. The molecular weight excluding hydrogens is 782 g/mol. The van der Waals surface area contributed by atoms with E-state index in [1.807, 2.05) is 48.5 Å². The average molecular weight is 810 g/mol. The predicted molar refractivity (Wildman–Crippen MR) is 181 cm³/mol. The summed E-state index contributed by atoms with van der Waals surface area (Å²) in [4.78, 5) is 25.3. The van der Waals surface area contributed by atoms with Gasteiger partial charge in [0.15, 0.2) is 11.7 Å². The van der Waals surface area contributed by atoms with E-state index in [4.69, 9.17) is 26.4 Å². The number of para-hydroxylation sites is 1. The second-order valence-corrected chi connectivity index (χ2v) is 11.7. The van der Waals surface area contributed by atoms with Crippen LogP contribution in [0.5, 0.6) is 11.5 Å². The van der Waals surface area contributed by atoms with E-state index in [0.29, 0.717) is 34.3 Å². The molecule has 0 aromatic heterocycles. The standard InChI is InChI=1S/C30H28I2N4O5S/c1-3-39-29(38)26-18(2)34-30(42)35-27(26)21-11-7-8-12-24(21)40-17-25(37)36-33-15-20-13-22(31)28(23(32)14-20)41-16-19-9-5-4-6-10-19/h4-15,27H,3,16-17H2,1-2H3,(H,36,37)(H2,34,35,42)/t27-/m1/s1. The molecule has 0 spiro atoms. The molecule has 3 N–H and O–H groups in total. The number of nitrogens with one attached hydrogen (secondary N) is 3. The van der Waals surface area contributed by atoms with Crippen LogP contribution in [-0.2, 0) is 20.9 Å². The van der Waals surface area contributed by atoms with Crippen LogP contribution in [0, 0.1) is 7.14 Å². The number of esters is 1. The Labute approximate surface area is 276 Å². The molecule has 0 fully saturated rings. The van der Waals surface area contributed by atoms with E-state index in [1.165, 1.54) is 0 Å². The summed E-state index contributed by atoms with van der Waals surface area (Å²) in [6.45, 7) is 3.92. The molecule has 218 valence electrons. The Kier molecular flexibility index (Phi) is 11.5. The van der Waals surface area contributed by atoms with Crippen molar-refractivity contribution < 1.29 is 23.8 Å². The number of carbonyl (C=O) groups excluding carboxylic acids is 2. The first-order valence-electron chi connectivity index (χ1n) is 12.9. The zero-order valence-electron chi connectivity index (χ0n) is 22.8. The van der Waals surface area contributed by atoms with Crippen LogP contribution >= 0.6 is 57.4 Å². The lowest BCUT2D eigenvalue weighted by molar-refractivity contribution is -0.139. The number of amides is 1. The van der Waals surface area contributed by atoms with Gasteiger partial charge in [-0.05, 0) is 101 Å². The first-order chi connectivity index (χ1) is 20.3. The van der Waals surface area contributed by atoms with Crippen molar-refractivity contribution in [3.63, 3.8) is 0 Å². The molecule has 0 saturated carbocycles. The molecule has 3 aromatic carbocycles. The van der Waals surface area contributed by atoms with Crippen LogP contribution in [-0.4, -0.2) is 36.4 Å². The summed E-state index contributed by atoms with van der Waals surface area (Å²) < 4.78 is 19.0. The van der Waals surface area contributed by atoms with Crippen molar-refractivity contribution in [1.82, 2.24) is 16.1 Å². The van der Waals surface area contributed by atoms with Crippen molar-refractivity contribution in [1.29, 1.82) is 0 Å². The Morgan fingerprint density at radius 2 is 1.74 bits per heavy atom. The molecule has 3 aromatic rings. The smallest absolute Gasteiger partial charge is 0.338 e. The van der Waals surface area contributed by atoms with Gasteiger partial charge < -0.3 is 24.8 Å². The molecule has 0 saturated heterocycles. The lowest BCUT2D eigenvalue weighted by Gasteiger charge is -2.30. The average Bonchev–Trinajstić information content (AvgIpc) is 2.96. The van der Waals surface area contributed by atoms with Crippen LogP contribution in [0.4, 0.5) is 0 Å². The van der Waals surface area contributed by atoms with Gasteiger partial charge in [0.1, 0.15) is 18.1 Å². The van der Waals surface area contributed by atoms with Crippen molar-refractivity contribution in [2.75, 3.05) is 13.2 Å². The molecule has 0 aliphatic carbocycles. The van der Waals surface area contributed by atoms with Gasteiger partial charge in [-0.1, -0.05) is 48.5 Å². The fourth-order valence-electron chi connectivity index (χ4n) is 4.13. The summed E-state index contributed by atoms with van der Waals surface area (Å²) in [6, 6.07) is 20.3. The normalized spacial score (nSPS) is 14.7. The van der Waals surface area contributed by atoms with Gasteiger partial charge in [0.25, 0.3) is 5.91 Å². The van der Waals surface area contributed by atoms with Gasteiger partial charge in [0, 0.05) is 11.3 Å². The van der Waals surface area contributed by atoms with Crippen LogP contribution in [0.25, 0.3) is 0 Å². The molecule has 9 nitrogen and oxygen atoms in total. The summed E-state index contributed by atoms with van der Waals surface area (Å²) in [6.07, 6.45) is 1.57. The van der Waals surface area contributed by atoms with E-state index >= 15 is 0 Å². The van der Waals surface area contributed by atoms with Gasteiger partial charge in [-0.3, -0.25) is 4.79 Å². The van der Waals surface area contributed by atoms with Crippen LogP contribution in [0.1, 0.15) is 36.6 Å². The summed E-state index contributed by atoms with van der Waals surface area (Å²) in [5.41, 5.74) is 6.00. The van der Waals surface area contributed by atoms with E-state index in [9.17, 15) is 9.59 Å². The SMILES string of the molecule is CCOC(=O)C1=C(C)NC(=S)N[C@@H]1c1ccccc1OCC(=O)NN=Cc1cc(I)c(OCc2ccccc2)c(I)c1. The number of hydrogen-bond donors (Lipinski definition) is 3. The lowest BCUT2D eigenvalue weighted by Crippen LogP contribution is -2.45. The Balaban J connectivity index is 1.38. The number of hydrogen-bond acceptors (Lipinski definition) is 7. The Hall–Kier alpha value is -3.24. The lowest BCUT2D eigenvalue weighted by atomic mass is 9.95. The van der Waals surface area contributed by atoms with Gasteiger partial charge in [-0.15, -0.1) is 0 Å². The largest absolute Gasteiger partial charge is 0.487 e. The Bertz CT molecular complexity index is 1510. The predicted octanol–water partition coefficient (Wildman–Crippen LogP) is 5.36. The second-order valence-electron chi connectivity index (χ2n) is 9.00. The molecule has 1 aliphatic rings. The molecular formula is C30H28I2N4O5S. The Morgan fingerprint density at radius 3 is 2.45 bits per heavy atom. The van der Waals surface area contributed by atoms with Gasteiger partial charge >= 0.3 is 5.97 Å². The summed E-state index contributed by atoms with van der Waals surface area (Å²) >= 11 is 9.77. The fraction of sp³-hybridized carbons (Fsp3) is 0.200. The highest BCUT2D eigenvalue weighted by atomic mass is 127. The van der Waals surface area contributed by atoms with Gasteiger partial charge in [-0.25, -0.2) is 10.2 Å². The fourth-order valence-corrected chi connectivity index (χ4v) is 6.53. The maximum Gasteiger partial charge on any atom is 0.338 e. The minimum atomic E-state index is -0.611. The van der Waals surface area contributed by atoms with E-state index in [-0.39, 0.29) is 13.2 Å². The first kappa shape index (κ1) is 31.7. The zero-order chi connectivity index (χ0) is 30.1. The van der Waals surface area contributed by atoms with E-state index in [1.54, 1.807) is 38.3 Å². The number of benzene rings is 3. The molecule has 1 amide bonds. The molecule has 12 heteroatoms. The molecule has 0 bridgehead atoms. The molecule has 1 aliphatic heterocycles. The minimum absolute atomic E-state index is 0.232. The van der Waals surface area contributed by atoms with Crippen molar-refractivity contribution >= 4 is 80.6 Å². The van der Waals surface area contributed by atoms with Crippen molar-refractivity contribution in [3.8, 4) is 11.5 Å². The summed E-state index contributed by atoms with van der Waals surface area (Å²) in [7, 11) is 0. The Morgan fingerprint density at radius 1 is 1.05 bits per heavy atom. The van der Waals surface area contributed by atoms with Crippen LogP contribution in [0.15, 0.2) is 83.1 Å². The van der Waals surface area contributed by atoms with Crippen molar-refractivity contribution in [2.45, 2.75) is 26.5 Å². The molecule has 0 radical (unpaired) electrons. The highest BCUT2D eigenvalue weighted by Crippen LogP contribution is 2.34. The number of ether oxygens (including phenoxy) is 3. The monoisotopic (exact) mass is 810 g/mol. The number of nitrogens with zero attached hydrogens (tertiary/aromatic N) is 1. The van der Waals surface area contributed by atoms with Gasteiger partial charge in [0.05, 0.1) is 31.6 Å². The van der Waals surface area contributed by atoms with Gasteiger partial charge in [0.2, 0.25) is 0 Å². The molecule has 4 rings (SSSR count). The maximum absolute atomic E-state index is 12.7. The number of rotatable bonds is 11. The zero-order valence-corrected chi connectivity index (χ0v) is 27.9. The number of halogens is 2. The molecule has 1 atom stereocenters. The highest BCUT2D eigenvalue weighted by molar-refractivity contribution is 14.1. The van der Waals surface area contributed by atoms with Crippen LogP contribution < -0.4 is 25.5 Å². The quantitative estimate of drug-likeness (QED) is 0.0782.